The molecule has 0 heterocycles. The largest absolute Gasteiger partial charge is 0.369 e. The minimum absolute atomic E-state index is 0.143. The molecule has 23 heavy (non-hydrogen) atoms. The minimum atomic E-state index is -0.410. The van der Waals surface area contributed by atoms with E-state index in [1.165, 1.54) is 11.8 Å². The van der Waals surface area contributed by atoms with E-state index < -0.39 is 5.91 Å². The summed E-state index contributed by atoms with van der Waals surface area (Å²) >= 11 is 4.76. The first-order valence-corrected chi connectivity index (χ1v) is 8.82. The lowest BCUT2D eigenvalue weighted by molar-refractivity contribution is -0.115. The Morgan fingerprint density at radius 1 is 1.17 bits per heavy atom. The third-order valence-electron chi connectivity index (χ3n) is 3.22. The van der Waals surface area contributed by atoms with Crippen LogP contribution in [0.5, 0.6) is 0 Å². The SMILES string of the molecule is CC(NC(=O)c1ccccc1SCC(N)=O)c1ccccc1Br. The van der Waals surface area contributed by atoms with E-state index in [1.54, 1.807) is 12.1 Å². The Bertz CT molecular complexity index is 721. The van der Waals surface area contributed by atoms with E-state index in [0.717, 1.165) is 14.9 Å². The van der Waals surface area contributed by atoms with Gasteiger partial charge in [0, 0.05) is 9.37 Å². The summed E-state index contributed by atoms with van der Waals surface area (Å²) in [5, 5.41) is 2.98. The van der Waals surface area contributed by atoms with Crippen molar-refractivity contribution < 1.29 is 9.59 Å². The Morgan fingerprint density at radius 2 is 1.83 bits per heavy atom. The lowest BCUT2D eigenvalue weighted by Crippen LogP contribution is -2.27. The zero-order valence-electron chi connectivity index (χ0n) is 12.6. The van der Waals surface area contributed by atoms with Crippen LogP contribution in [0.2, 0.25) is 0 Å². The van der Waals surface area contributed by atoms with Crippen molar-refractivity contribution in [2.45, 2.75) is 17.9 Å². The van der Waals surface area contributed by atoms with Crippen LogP contribution in [0.4, 0.5) is 0 Å². The first-order valence-electron chi connectivity index (χ1n) is 7.04. The molecule has 2 aromatic rings. The minimum Gasteiger partial charge on any atom is -0.369 e. The molecule has 2 rings (SSSR count). The maximum absolute atomic E-state index is 12.5. The van der Waals surface area contributed by atoms with Crippen molar-refractivity contribution in [2.24, 2.45) is 5.73 Å². The molecule has 120 valence electrons. The number of nitrogens with two attached hydrogens (primary N) is 1. The first kappa shape index (κ1) is 17.6. The van der Waals surface area contributed by atoms with Crippen LogP contribution in [0, 0.1) is 0 Å². The summed E-state index contributed by atoms with van der Waals surface area (Å²) in [5.41, 5.74) is 6.72. The van der Waals surface area contributed by atoms with E-state index >= 15 is 0 Å². The van der Waals surface area contributed by atoms with Crippen molar-refractivity contribution in [1.29, 1.82) is 0 Å². The Hall–Kier alpha value is -1.79. The molecular formula is C17H17BrN2O2S. The number of rotatable bonds is 6. The highest BCUT2D eigenvalue weighted by atomic mass is 79.9. The van der Waals surface area contributed by atoms with Crippen LogP contribution < -0.4 is 11.1 Å². The van der Waals surface area contributed by atoms with Gasteiger partial charge in [0.2, 0.25) is 5.91 Å². The molecule has 2 amide bonds. The van der Waals surface area contributed by atoms with Crippen molar-refractivity contribution >= 4 is 39.5 Å². The molecule has 0 saturated carbocycles. The zero-order valence-corrected chi connectivity index (χ0v) is 15.0. The average molecular weight is 393 g/mol. The predicted octanol–water partition coefficient (Wildman–Crippen LogP) is 3.52. The Morgan fingerprint density at radius 3 is 2.52 bits per heavy atom. The molecule has 1 atom stereocenters. The number of thioether (sulfide) groups is 1. The van der Waals surface area contributed by atoms with Gasteiger partial charge in [-0.05, 0) is 30.7 Å². The van der Waals surface area contributed by atoms with Crippen LogP contribution in [-0.4, -0.2) is 17.6 Å². The summed E-state index contributed by atoms with van der Waals surface area (Å²) < 4.78 is 0.948. The highest BCUT2D eigenvalue weighted by molar-refractivity contribution is 9.10. The molecule has 0 bridgehead atoms. The van der Waals surface area contributed by atoms with Crippen molar-refractivity contribution in [3.63, 3.8) is 0 Å². The van der Waals surface area contributed by atoms with E-state index in [2.05, 4.69) is 21.2 Å². The maximum Gasteiger partial charge on any atom is 0.252 e. The summed E-state index contributed by atoms with van der Waals surface area (Å²) in [6.07, 6.45) is 0. The number of hydrogen-bond donors (Lipinski definition) is 2. The van der Waals surface area contributed by atoms with Crippen molar-refractivity contribution in [2.75, 3.05) is 5.75 Å². The van der Waals surface area contributed by atoms with Crippen LogP contribution in [0.3, 0.4) is 0 Å². The van der Waals surface area contributed by atoms with Crippen LogP contribution in [0.1, 0.15) is 28.9 Å². The lowest BCUT2D eigenvalue weighted by Gasteiger charge is -2.17. The van der Waals surface area contributed by atoms with E-state index in [4.69, 9.17) is 5.73 Å². The van der Waals surface area contributed by atoms with Crippen molar-refractivity contribution in [1.82, 2.24) is 5.32 Å². The molecule has 0 aromatic heterocycles. The zero-order chi connectivity index (χ0) is 16.8. The Labute approximate surface area is 148 Å². The molecular weight excluding hydrogens is 376 g/mol. The number of primary amides is 1. The van der Waals surface area contributed by atoms with Gasteiger partial charge in [0.05, 0.1) is 17.4 Å². The summed E-state index contributed by atoms with van der Waals surface area (Å²) in [7, 11) is 0. The molecule has 0 saturated heterocycles. The van der Waals surface area contributed by atoms with Gasteiger partial charge < -0.3 is 11.1 Å². The third-order valence-corrected chi connectivity index (χ3v) is 5.04. The molecule has 0 aliphatic heterocycles. The molecule has 0 radical (unpaired) electrons. The number of benzene rings is 2. The Kier molecular flexibility index (Phi) is 6.24. The van der Waals surface area contributed by atoms with Crippen LogP contribution >= 0.6 is 27.7 Å². The van der Waals surface area contributed by atoms with E-state index in [1.807, 2.05) is 43.3 Å². The molecule has 4 nitrogen and oxygen atoms in total. The molecule has 6 heteroatoms. The second-order valence-corrected chi connectivity index (χ2v) is 6.84. The standard InChI is InChI=1S/C17H17BrN2O2S/c1-11(12-6-2-4-8-14(12)18)20-17(22)13-7-3-5-9-15(13)23-10-16(19)21/h2-9,11H,10H2,1H3,(H2,19,21)(H,20,22). The molecule has 0 fully saturated rings. The number of halogens is 1. The Balaban J connectivity index is 2.14. The molecule has 0 aliphatic carbocycles. The lowest BCUT2D eigenvalue weighted by atomic mass is 10.1. The van der Waals surface area contributed by atoms with Crippen molar-refractivity contribution in [3.05, 3.63) is 64.1 Å². The molecule has 0 aliphatic rings. The predicted molar refractivity (Wildman–Crippen MR) is 96.4 cm³/mol. The topological polar surface area (TPSA) is 72.2 Å². The maximum atomic E-state index is 12.5. The second-order valence-electron chi connectivity index (χ2n) is 4.97. The van der Waals surface area contributed by atoms with Gasteiger partial charge in [0.15, 0.2) is 0 Å². The monoisotopic (exact) mass is 392 g/mol. The van der Waals surface area contributed by atoms with Gasteiger partial charge in [-0.25, -0.2) is 0 Å². The normalized spacial score (nSPS) is 11.7. The molecule has 0 spiro atoms. The number of carbonyl (C=O) groups is 2. The van der Waals surface area contributed by atoms with Crippen LogP contribution in [0.15, 0.2) is 57.9 Å². The van der Waals surface area contributed by atoms with Crippen LogP contribution in [0.25, 0.3) is 0 Å². The van der Waals surface area contributed by atoms with E-state index in [-0.39, 0.29) is 17.7 Å². The number of carbonyl (C=O) groups excluding carboxylic acids is 2. The fourth-order valence-electron chi connectivity index (χ4n) is 2.11. The van der Waals surface area contributed by atoms with Gasteiger partial charge in [-0.3, -0.25) is 9.59 Å². The number of hydrogen-bond acceptors (Lipinski definition) is 3. The fraction of sp³-hybridized carbons (Fsp3) is 0.176. The van der Waals surface area contributed by atoms with Gasteiger partial charge in [-0.1, -0.05) is 46.3 Å². The summed E-state index contributed by atoms with van der Waals surface area (Å²) in [6.45, 7) is 1.93. The quantitative estimate of drug-likeness (QED) is 0.738. The highest BCUT2D eigenvalue weighted by Gasteiger charge is 2.16. The third kappa shape index (κ3) is 4.84. The summed E-state index contributed by atoms with van der Waals surface area (Å²) in [5.74, 6) is -0.447. The van der Waals surface area contributed by atoms with Gasteiger partial charge >= 0.3 is 0 Å². The van der Waals surface area contributed by atoms with Gasteiger partial charge in [-0.15, -0.1) is 11.8 Å². The summed E-state index contributed by atoms with van der Waals surface area (Å²) in [6, 6.07) is 14.8. The molecule has 3 N–H and O–H groups in total. The summed E-state index contributed by atoms with van der Waals surface area (Å²) in [4.78, 5) is 24.2. The van der Waals surface area contributed by atoms with Crippen LogP contribution in [-0.2, 0) is 4.79 Å². The number of amides is 2. The van der Waals surface area contributed by atoms with Gasteiger partial charge in [0.25, 0.3) is 5.91 Å². The van der Waals surface area contributed by atoms with Gasteiger partial charge in [0.1, 0.15) is 0 Å². The highest BCUT2D eigenvalue weighted by Crippen LogP contribution is 2.25. The second kappa shape index (κ2) is 8.17. The van der Waals surface area contributed by atoms with Crippen molar-refractivity contribution in [3.8, 4) is 0 Å². The van der Waals surface area contributed by atoms with E-state index in [0.29, 0.717) is 5.56 Å². The van der Waals surface area contributed by atoms with Gasteiger partial charge in [-0.2, -0.15) is 0 Å². The fourth-order valence-corrected chi connectivity index (χ4v) is 3.52. The first-order chi connectivity index (χ1) is 11.0. The van der Waals surface area contributed by atoms with E-state index in [9.17, 15) is 9.59 Å². The number of nitrogens with one attached hydrogen (secondary N) is 1. The molecule has 1 unspecified atom stereocenters. The average Bonchev–Trinajstić information content (AvgIpc) is 2.53. The smallest absolute Gasteiger partial charge is 0.252 e. The molecule has 2 aromatic carbocycles.